The fourth-order valence-electron chi connectivity index (χ4n) is 2.22. The Labute approximate surface area is 84.2 Å². The lowest BCUT2D eigenvalue weighted by Gasteiger charge is -2.26. The topological polar surface area (TPSA) is 40.5 Å². The third-order valence-corrected chi connectivity index (χ3v) is 3.07. The standard InChI is InChI=1S/C12H16O2/c13-9-12(14)8-4-3-6-10-5-1-2-7-11(10)12/h1-2,5,7,13-14H,3-4,6,8-9H2. The zero-order valence-electron chi connectivity index (χ0n) is 8.24. The minimum absolute atomic E-state index is 0.177. The van der Waals surface area contributed by atoms with Gasteiger partial charge in [-0.3, -0.25) is 0 Å². The number of hydrogen-bond donors (Lipinski definition) is 2. The summed E-state index contributed by atoms with van der Waals surface area (Å²) in [6.07, 6.45) is 3.75. The molecule has 14 heavy (non-hydrogen) atoms. The van der Waals surface area contributed by atoms with Crippen molar-refractivity contribution >= 4 is 0 Å². The number of hydrogen-bond acceptors (Lipinski definition) is 2. The maximum Gasteiger partial charge on any atom is 0.113 e. The SMILES string of the molecule is OCC1(O)CCCCc2ccccc21. The predicted octanol–water partition coefficient (Wildman–Crippen LogP) is 1.59. The summed E-state index contributed by atoms with van der Waals surface area (Å²) < 4.78 is 0. The first-order valence-electron chi connectivity index (χ1n) is 5.18. The molecule has 1 aliphatic rings. The molecule has 0 aliphatic heterocycles. The molecule has 0 saturated heterocycles. The highest BCUT2D eigenvalue weighted by molar-refractivity contribution is 5.33. The molecule has 2 N–H and O–H groups in total. The van der Waals surface area contributed by atoms with Gasteiger partial charge < -0.3 is 10.2 Å². The molecule has 0 bridgehead atoms. The second-order valence-electron chi connectivity index (χ2n) is 4.05. The van der Waals surface area contributed by atoms with Crippen molar-refractivity contribution in [2.75, 3.05) is 6.61 Å². The summed E-state index contributed by atoms with van der Waals surface area (Å²) in [7, 11) is 0. The van der Waals surface area contributed by atoms with E-state index >= 15 is 0 Å². The predicted molar refractivity (Wildman–Crippen MR) is 55.0 cm³/mol. The molecule has 0 fully saturated rings. The highest BCUT2D eigenvalue weighted by Crippen LogP contribution is 2.33. The molecule has 2 nitrogen and oxygen atoms in total. The molecule has 0 saturated carbocycles. The molecular formula is C12H16O2. The van der Waals surface area contributed by atoms with E-state index in [1.165, 1.54) is 5.56 Å². The maximum absolute atomic E-state index is 10.3. The van der Waals surface area contributed by atoms with Gasteiger partial charge in [0.2, 0.25) is 0 Å². The third-order valence-electron chi connectivity index (χ3n) is 3.07. The summed E-state index contributed by atoms with van der Waals surface area (Å²) in [5.74, 6) is 0. The van der Waals surface area contributed by atoms with Gasteiger partial charge in [-0.25, -0.2) is 0 Å². The van der Waals surface area contributed by atoms with Crippen LogP contribution in [0.25, 0.3) is 0 Å². The quantitative estimate of drug-likeness (QED) is 0.663. The van der Waals surface area contributed by atoms with E-state index in [0.29, 0.717) is 6.42 Å². The minimum Gasteiger partial charge on any atom is -0.393 e. The van der Waals surface area contributed by atoms with Gasteiger partial charge in [0.05, 0.1) is 6.61 Å². The summed E-state index contributed by atoms with van der Waals surface area (Å²) >= 11 is 0. The zero-order valence-corrected chi connectivity index (χ0v) is 8.24. The summed E-state index contributed by atoms with van der Waals surface area (Å²) in [6, 6.07) is 7.88. The lowest BCUT2D eigenvalue weighted by molar-refractivity contribution is -0.0264. The smallest absolute Gasteiger partial charge is 0.113 e. The van der Waals surface area contributed by atoms with Crippen LogP contribution < -0.4 is 0 Å². The van der Waals surface area contributed by atoms with Crippen LogP contribution in [0, 0.1) is 0 Å². The molecule has 1 aliphatic carbocycles. The number of aliphatic hydroxyl groups is 2. The third kappa shape index (κ3) is 1.56. The van der Waals surface area contributed by atoms with Crippen molar-refractivity contribution in [1.82, 2.24) is 0 Å². The molecule has 0 spiro atoms. The molecule has 0 aromatic heterocycles. The van der Waals surface area contributed by atoms with Crippen molar-refractivity contribution in [2.45, 2.75) is 31.3 Å². The Kier molecular flexibility index (Phi) is 2.57. The average molecular weight is 192 g/mol. The van der Waals surface area contributed by atoms with Crippen molar-refractivity contribution < 1.29 is 10.2 Å². The van der Waals surface area contributed by atoms with Crippen LogP contribution >= 0.6 is 0 Å². The number of fused-ring (bicyclic) bond motifs is 1. The molecule has 2 heteroatoms. The van der Waals surface area contributed by atoms with Gasteiger partial charge in [-0.2, -0.15) is 0 Å². The average Bonchev–Trinajstić information content (AvgIpc) is 2.40. The van der Waals surface area contributed by atoms with E-state index in [1.807, 2.05) is 24.3 Å². The van der Waals surface area contributed by atoms with Gasteiger partial charge in [0.15, 0.2) is 0 Å². The van der Waals surface area contributed by atoms with Gasteiger partial charge in [0.1, 0.15) is 5.60 Å². The maximum atomic E-state index is 10.3. The monoisotopic (exact) mass is 192 g/mol. The Hall–Kier alpha value is -0.860. The summed E-state index contributed by atoms with van der Waals surface area (Å²) in [4.78, 5) is 0. The van der Waals surface area contributed by atoms with Crippen LogP contribution in [-0.2, 0) is 12.0 Å². The van der Waals surface area contributed by atoms with Crippen LogP contribution in [0.5, 0.6) is 0 Å². The van der Waals surface area contributed by atoms with Crippen molar-refractivity contribution in [3.05, 3.63) is 35.4 Å². The zero-order chi connectivity index (χ0) is 10.0. The Morgan fingerprint density at radius 1 is 1.21 bits per heavy atom. The van der Waals surface area contributed by atoms with Crippen LogP contribution in [0.4, 0.5) is 0 Å². The normalized spacial score (nSPS) is 26.7. The van der Waals surface area contributed by atoms with Gasteiger partial charge in [0, 0.05) is 0 Å². The molecule has 1 aromatic carbocycles. The van der Waals surface area contributed by atoms with Crippen LogP contribution in [-0.4, -0.2) is 16.8 Å². The Bertz CT molecular complexity index is 322. The molecule has 1 unspecified atom stereocenters. The molecule has 76 valence electrons. The second kappa shape index (κ2) is 3.71. The fraction of sp³-hybridized carbons (Fsp3) is 0.500. The van der Waals surface area contributed by atoms with Gasteiger partial charge in [-0.05, 0) is 36.8 Å². The van der Waals surface area contributed by atoms with Crippen molar-refractivity contribution in [3.8, 4) is 0 Å². The largest absolute Gasteiger partial charge is 0.393 e. The molecule has 1 aromatic rings. The molecule has 1 atom stereocenters. The van der Waals surface area contributed by atoms with Gasteiger partial charge in [-0.1, -0.05) is 24.3 Å². The lowest BCUT2D eigenvalue weighted by atomic mass is 9.89. The summed E-state index contributed by atoms with van der Waals surface area (Å²) in [5.41, 5.74) is 1.09. The molecule has 2 rings (SSSR count). The molecule has 0 amide bonds. The molecule has 0 heterocycles. The molecular weight excluding hydrogens is 176 g/mol. The Balaban J connectivity index is 2.47. The second-order valence-corrected chi connectivity index (χ2v) is 4.05. The van der Waals surface area contributed by atoms with E-state index in [-0.39, 0.29) is 6.61 Å². The van der Waals surface area contributed by atoms with Crippen molar-refractivity contribution in [2.24, 2.45) is 0 Å². The summed E-state index contributed by atoms with van der Waals surface area (Å²) in [5, 5.41) is 19.5. The van der Waals surface area contributed by atoms with Crippen molar-refractivity contribution in [1.29, 1.82) is 0 Å². The van der Waals surface area contributed by atoms with E-state index in [1.54, 1.807) is 0 Å². The van der Waals surface area contributed by atoms with E-state index in [9.17, 15) is 10.2 Å². The number of aryl methyl sites for hydroxylation is 1. The van der Waals surface area contributed by atoms with E-state index in [2.05, 4.69) is 0 Å². The highest BCUT2D eigenvalue weighted by atomic mass is 16.3. The van der Waals surface area contributed by atoms with Crippen LogP contribution in [0.1, 0.15) is 30.4 Å². The highest BCUT2D eigenvalue weighted by Gasteiger charge is 2.31. The first kappa shape index (κ1) is 9.69. The Morgan fingerprint density at radius 3 is 2.79 bits per heavy atom. The van der Waals surface area contributed by atoms with Crippen LogP contribution in [0.15, 0.2) is 24.3 Å². The van der Waals surface area contributed by atoms with Gasteiger partial charge in [-0.15, -0.1) is 0 Å². The molecule has 0 radical (unpaired) electrons. The summed E-state index contributed by atoms with van der Waals surface area (Å²) in [6.45, 7) is -0.177. The first-order chi connectivity index (χ1) is 6.76. The number of benzene rings is 1. The van der Waals surface area contributed by atoms with Crippen molar-refractivity contribution in [3.63, 3.8) is 0 Å². The fourth-order valence-corrected chi connectivity index (χ4v) is 2.22. The minimum atomic E-state index is -1.01. The first-order valence-corrected chi connectivity index (χ1v) is 5.18. The lowest BCUT2D eigenvalue weighted by Crippen LogP contribution is -2.30. The number of rotatable bonds is 1. The van der Waals surface area contributed by atoms with E-state index in [4.69, 9.17) is 0 Å². The van der Waals surface area contributed by atoms with E-state index < -0.39 is 5.60 Å². The number of aliphatic hydroxyl groups excluding tert-OH is 1. The van der Waals surface area contributed by atoms with Gasteiger partial charge in [0.25, 0.3) is 0 Å². The van der Waals surface area contributed by atoms with Crippen LogP contribution in [0.2, 0.25) is 0 Å². The van der Waals surface area contributed by atoms with Crippen LogP contribution in [0.3, 0.4) is 0 Å². The Morgan fingerprint density at radius 2 is 2.00 bits per heavy atom. The van der Waals surface area contributed by atoms with Gasteiger partial charge >= 0.3 is 0 Å². The van der Waals surface area contributed by atoms with E-state index in [0.717, 1.165) is 24.8 Å².